The summed E-state index contributed by atoms with van der Waals surface area (Å²) in [4.78, 5) is 23.4. The van der Waals surface area contributed by atoms with Gasteiger partial charge in [0.15, 0.2) is 0 Å². The highest BCUT2D eigenvalue weighted by Gasteiger charge is 2.21. The maximum atomic E-state index is 13.4. The van der Waals surface area contributed by atoms with E-state index in [2.05, 4.69) is 35.9 Å². The van der Waals surface area contributed by atoms with Crippen LogP contribution in [0.3, 0.4) is 0 Å². The van der Waals surface area contributed by atoms with E-state index in [-0.39, 0.29) is 11.8 Å². The van der Waals surface area contributed by atoms with Gasteiger partial charge in [0.25, 0.3) is 0 Å². The molecule has 11 heteroatoms. The fourth-order valence-corrected chi connectivity index (χ4v) is 5.52. The molecule has 0 unspecified atom stereocenters. The average Bonchev–Trinajstić information content (AvgIpc) is 3.30. The first-order valence-electron chi connectivity index (χ1n) is 13.6. The van der Waals surface area contributed by atoms with E-state index in [1.807, 2.05) is 30.3 Å². The quantitative estimate of drug-likeness (QED) is 0.144. The molecule has 9 nitrogen and oxygen atoms in total. The fourth-order valence-electron chi connectivity index (χ4n) is 4.89. The van der Waals surface area contributed by atoms with Gasteiger partial charge < -0.3 is 25.8 Å². The summed E-state index contributed by atoms with van der Waals surface area (Å²) in [5, 5.41) is 6.40. The SMILES string of the molecule is Nc1ccncc1NC(=O)NSCCCCN1CCC(Nc2nc3ccccc3n2Cc2ccc(F)cc2)CC1. The second-order valence-corrected chi connectivity index (χ2v) is 10.9. The predicted octanol–water partition coefficient (Wildman–Crippen LogP) is 5.33. The first kappa shape index (κ1) is 27.7. The zero-order chi connectivity index (χ0) is 27.7. The largest absolute Gasteiger partial charge is 0.397 e. The van der Waals surface area contributed by atoms with Crippen LogP contribution in [0.5, 0.6) is 0 Å². The number of amides is 2. The lowest BCUT2D eigenvalue weighted by Gasteiger charge is -2.32. The molecule has 1 fully saturated rings. The van der Waals surface area contributed by atoms with Crippen LogP contribution in [0.4, 0.5) is 26.5 Å². The number of urea groups is 1. The summed E-state index contributed by atoms with van der Waals surface area (Å²) >= 11 is 1.40. The zero-order valence-corrected chi connectivity index (χ0v) is 23.2. The molecule has 210 valence electrons. The van der Waals surface area contributed by atoms with Crippen LogP contribution in [0, 0.1) is 5.82 Å². The maximum Gasteiger partial charge on any atom is 0.329 e. The minimum Gasteiger partial charge on any atom is -0.397 e. The molecule has 2 aromatic heterocycles. The van der Waals surface area contributed by atoms with Gasteiger partial charge in [-0.15, -0.1) is 0 Å². The normalized spacial score (nSPS) is 14.3. The molecule has 2 amide bonds. The van der Waals surface area contributed by atoms with Gasteiger partial charge in [0.05, 0.1) is 35.1 Å². The van der Waals surface area contributed by atoms with Crippen LogP contribution < -0.4 is 21.1 Å². The number of nitrogen functional groups attached to an aromatic ring is 1. The summed E-state index contributed by atoms with van der Waals surface area (Å²) in [7, 11) is 0. The number of unbranched alkanes of at least 4 members (excludes halogenated alkanes) is 1. The van der Waals surface area contributed by atoms with Crippen LogP contribution >= 0.6 is 11.9 Å². The van der Waals surface area contributed by atoms with E-state index in [0.717, 1.165) is 73.6 Å². The number of rotatable bonds is 11. The first-order chi connectivity index (χ1) is 19.5. The number of aromatic nitrogens is 3. The Kier molecular flexibility index (Phi) is 9.35. The number of halogens is 1. The van der Waals surface area contributed by atoms with Gasteiger partial charge >= 0.3 is 6.03 Å². The van der Waals surface area contributed by atoms with Crippen molar-refractivity contribution < 1.29 is 9.18 Å². The van der Waals surface area contributed by atoms with E-state index >= 15 is 0 Å². The van der Waals surface area contributed by atoms with Crippen molar-refractivity contribution in [3.63, 3.8) is 0 Å². The predicted molar refractivity (Wildman–Crippen MR) is 161 cm³/mol. The number of hydrogen-bond donors (Lipinski definition) is 4. The lowest BCUT2D eigenvalue weighted by Crippen LogP contribution is -2.40. The molecule has 5 N–H and O–H groups in total. The smallest absolute Gasteiger partial charge is 0.329 e. The van der Waals surface area contributed by atoms with Crippen molar-refractivity contribution in [2.75, 3.05) is 41.8 Å². The number of nitrogens with one attached hydrogen (secondary N) is 3. The molecule has 4 aromatic rings. The Bertz CT molecular complexity index is 1400. The minimum absolute atomic E-state index is 0.227. The van der Waals surface area contributed by atoms with Gasteiger partial charge in [-0.3, -0.25) is 9.71 Å². The molecule has 1 aliphatic rings. The molecule has 0 saturated carbocycles. The minimum atomic E-state index is -0.300. The molecule has 5 rings (SSSR count). The van der Waals surface area contributed by atoms with Crippen molar-refractivity contribution in [1.82, 2.24) is 24.2 Å². The fraction of sp³-hybridized carbons (Fsp3) is 0.345. The third-order valence-corrected chi connectivity index (χ3v) is 7.89. The number of fused-ring (bicyclic) bond motifs is 1. The summed E-state index contributed by atoms with van der Waals surface area (Å²) in [6.45, 7) is 3.76. The molecule has 2 aromatic carbocycles. The lowest BCUT2D eigenvalue weighted by atomic mass is 10.0. The molecule has 0 radical (unpaired) electrons. The van der Waals surface area contributed by atoms with Gasteiger partial charge in [-0.25, -0.2) is 14.2 Å². The first-order valence-corrected chi connectivity index (χ1v) is 14.6. The zero-order valence-electron chi connectivity index (χ0n) is 22.4. The number of hydrogen-bond acceptors (Lipinski definition) is 7. The summed E-state index contributed by atoms with van der Waals surface area (Å²) in [6, 6.07) is 16.5. The van der Waals surface area contributed by atoms with Crippen molar-refractivity contribution >= 4 is 46.3 Å². The third-order valence-electron chi connectivity index (χ3n) is 7.07. The van der Waals surface area contributed by atoms with Gasteiger partial charge in [-0.2, -0.15) is 0 Å². The lowest BCUT2D eigenvalue weighted by molar-refractivity contribution is 0.216. The van der Waals surface area contributed by atoms with E-state index in [1.54, 1.807) is 12.3 Å². The second kappa shape index (κ2) is 13.5. The molecular weight excluding hydrogens is 527 g/mol. The van der Waals surface area contributed by atoms with E-state index in [4.69, 9.17) is 10.7 Å². The number of pyridine rings is 1. The number of nitrogens with two attached hydrogens (primary N) is 1. The third kappa shape index (κ3) is 7.42. The molecule has 0 atom stereocenters. The molecule has 0 aliphatic carbocycles. The highest BCUT2D eigenvalue weighted by atomic mass is 32.2. The topological polar surface area (TPSA) is 113 Å². The van der Waals surface area contributed by atoms with Crippen LogP contribution in [-0.2, 0) is 6.54 Å². The summed E-state index contributed by atoms with van der Waals surface area (Å²) in [5.41, 5.74) is 9.87. The van der Waals surface area contributed by atoms with Crippen LogP contribution in [0.15, 0.2) is 67.0 Å². The van der Waals surface area contributed by atoms with E-state index in [0.29, 0.717) is 24.0 Å². The highest BCUT2D eigenvalue weighted by Crippen LogP contribution is 2.24. The van der Waals surface area contributed by atoms with Crippen LogP contribution in [0.2, 0.25) is 0 Å². The standard InChI is InChI=1S/C29H35FN8OS/c30-22-9-7-21(8-10-22)20-38-27-6-2-1-5-25(27)34-28(38)33-23-12-16-37(17-13-23)15-3-4-18-40-36-29(39)35-26-19-32-14-11-24(26)31/h1-2,5-11,14,19,23H,3-4,12-13,15-18,20H2,(H2,31,32)(H,33,34)(H2,35,36,39). The number of carbonyl (C=O) groups excluding carboxylic acids is 1. The van der Waals surface area contributed by atoms with Gasteiger partial charge in [-0.05, 0) is 80.1 Å². The van der Waals surface area contributed by atoms with Crippen LogP contribution in [0.25, 0.3) is 11.0 Å². The molecule has 1 aliphatic heterocycles. The van der Waals surface area contributed by atoms with Crippen molar-refractivity contribution in [2.24, 2.45) is 0 Å². The Morgan fingerprint density at radius 2 is 1.88 bits per heavy atom. The second-order valence-electron chi connectivity index (χ2n) is 9.97. The van der Waals surface area contributed by atoms with Gasteiger partial charge in [0, 0.05) is 31.1 Å². The Morgan fingerprint density at radius 1 is 1.07 bits per heavy atom. The van der Waals surface area contributed by atoms with Crippen LogP contribution in [0.1, 0.15) is 31.2 Å². The molecule has 0 spiro atoms. The van der Waals surface area contributed by atoms with Crippen molar-refractivity contribution in [2.45, 2.75) is 38.3 Å². The summed E-state index contributed by atoms with van der Waals surface area (Å²) < 4.78 is 18.4. The number of para-hydroxylation sites is 2. The monoisotopic (exact) mass is 562 g/mol. The average molecular weight is 563 g/mol. The number of benzene rings is 2. The van der Waals surface area contributed by atoms with Crippen LogP contribution in [-0.4, -0.2) is 56.9 Å². The molecular formula is C29H35FN8OS. The van der Waals surface area contributed by atoms with Gasteiger partial charge in [0.1, 0.15) is 5.82 Å². The van der Waals surface area contributed by atoms with Gasteiger partial charge in [-0.1, -0.05) is 24.3 Å². The van der Waals surface area contributed by atoms with E-state index in [1.165, 1.54) is 30.3 Å². The van der Waals surface area contributed by atoms with Crippen molar-refractivity contribution in [1.29, 1.82) is 0 Å². The molecule has 0 bridgehead atoms. The number of anilines is 3. The Balaban J connectivity index is 1.03. The van der Waals surface area contributed by atoms with E-state index in [9.17, 15) is 9.18 Å². The number of imidazole rings is 1. The maximum absolute atomic E-state index is 13.4. The number of likely N-dealkylation sites (tertiary alicyclic amines) is 1. The highest BCUT2D eigenvalue weighted by molar-refractivity contribution is 7.97. The Hall–Kier alpha value is -3.83. The van der Waals surface area contributed by atoms with Crippen molar-refractivity contribution in [3.8, 4) is 0 Å². The number of carbonyl (C=O) groups is 1. The van der Waals surface area contributed by atoms with Crippen molar-refractivity contribution in [3.05, 3.63) is 78.4 Å². The van der Waals surface area contributed by atoms with E-state index < -0.39 is 0 Å². The van der Waals surface area contributed by atoms with Gasteiger partial charge in [0.2, 0.25) is 5.95 Å². The Labute approximate surface area is 237 Å². The molecule has 3 heterocycles. The molecule has 1 saturated heterocycles. The molecule has 40 heavy (non-hydrogen) atoms. The summed E-state index contributed by atoms with van der Waals surface area (Å²) in [6.07, 6.45) is 7.31. The Morgan fingerprint density at radius 3 is 2.67 bits per heavy atom. The number of piperidine rings is 1. The number of nitrogens with zero attached hydrogens (tertiary/aromatic N) is 4. The summed E-state index contributed by atoms with van der Waals surface area (Å²) in [5.74, 6) is 1.48.